The van der Waals surface area contributed by atoms with Gasteiger partial charge in [0.2, 0.25) is 5.91 Å². The highest BCUT2D eigenvalue weighted by molar-refractivity contribution is 5.78. The van der Waals surface area contributed by atoms with Gasteiger partial charge in [-0.2, -0.15) is 5.10 Å². The van der Waals surface area contributed by atoms with Crippen LogP contribution in [0.1, 0.15) is 38.7 Å². The van der Waals surface area contributed by atoms with E-state index in [-0.39, 0.29) is 23.5 Å². The molecule has 2 saturated heterocycles. The summed E-state index contributed by atoms with van der Waals surface area (Å²) in [5, 5.41) is 7.34. The third kappa shape index (κ3) is 3.93. The van der Waals surface area contributed by atoms with Crippen molar-refractivity contribution in [1.82, 2.24) is 20.0 Å². The summed E-state index contributed by atoms with van der Waals surface area (Å²) in [4.78, 5) is 14.3. The first kappa shape index (κ1) is 16.5. The first-order valence-electron chi connectivity index (χ1n) is 8.60. The molecule has 0 bridgehead atoms. The standard InChI is InChI=1S/C17H28N4O2/c1-13(2)16(22)19-15-8-17(23-12-15)4-6-21(7-5-17)11-14-9-18-20(3)10-14/h9-10,13,15H,4-8,11-12H2,1-3H3,(H,19,22)/t15-/m1/s1. The average molecular weight is 320 g/mol. The van der Waals surface area contributed by atoms with Crippen LogP contribution >= 0.6 is 0 Å². The van der Waals surface area contributed by atoms with E-state index in [1.54, 1.807) is 0 Å². The Hall–Kier alpha value is -1.40. The molecule has 0 aliphatic carbocycles. The summed E-state index contributed by atoms with van der Waals surface area (Å²) < 4.78 is 7.97. The van der Waals surface area contributed by atoms with Gasteiger partial charge < -0.3 is 10.1 Å². The van der Waals surface area contributed by atoms with E-state index >= 15 is 0 Å². The molecular weight excluding hydrogens is 292 g/mol. The predicted molar refractivity (Wildman–Crippen MR) is 87.8 cm³/mol. The van der Waals surface area contributed by atoms with Crippen molar-refractivity contribution in [3.63, 3.8) is 0 Å². The molecule has 0 radical (unpaired) electrons. The Balaban J connectivity index is 1.48. The summed E-state index contributed by atoms with van der Waals surface area (Å²) in [5.41, 5.74) is 1.23. The van der Waals surface area contributed by atoms with Gasteiger partial charge in [-0.1, -0.05) is 13.8 Å². The van der Waals surface area contributed by atoms with Crippen LogP contribution in [0.3, 0.4) is 0 Å². The van der Waals surface area contributed by atoms with Crippen molar-refractivity contribution in [3.8, 4) is 0 Å². The molecule has 128 valence electrons. The number of carbonyl (C=O) groups is 1. The smallest absolute Gasteiger partial charge is 0.222 e. The van der Waals surface area contributed by atoms with Gasteiger partial charge >= 0.3 is 0 Å². The van der Waals surface area contributed by atoms with Gasteiger partial charge in [-0.05, 0) is 19.3 Å². The topological polar surface area (TPSA) is 59.4 Å². The van der Waals surface area contributed by atoms with Crippen molar-refractivity contribution in [2.75, 3.05) is 19.7 Å². The quantitative estimate of drug-likeness (QED) is 0.909. The zero-order valence-electron chi connectivity index (χ0n) is 14.4. The van der Waals surface area contributed by atoms with Gasteiger partial charge in [0, 0.05) is 44.4 Å². The van der Waals surface area contributed by atoms with Crippen molar-refractivity contribution in [3.05, 3.63) is 18.0 Å². The molecule has 1 amide bonds. The monoisotopic (exact) mass is 320 g/mol. The Labute approximate surface area is 138 Å². The predicted octanol–water partition coefficient (Wildman–Crippen LogP) is 1.32. The summed E-state index contributed by atoms with van der Waals surface area (Å²) in [5.74, 6) is 0.164. The van der Waals surface area contributed by atoms with E-state index < -0.39 is 0 Å². The van der Waals surface area contributed by atoms with Gasteiger partial charge in [0.25, 0.3) is 0 Å². The summed E-state index contributed by atoms with van der Waals surface area (Å²) in [6, 6.07) is 0.176. The molecule has 0 saturated carbocycles. The largest absolute Gasteiger partial charge is 0.373 e. The average Bonchev–Trinajstić information content (AvgIpc) is 3.09. The minimum atomic E-state index is -0.0274. The maximum atomic E-state index is 11.8. The van der Waals surface area contributed by atoms with E-state index in [9.17, 15) is 4.79 Å². The maximum absolute atomic E-state index is 11.8. The Bertz CT molecular complexity index is 547. The van der Waals surface area contributed by atoms with Gasteiger partial charge in [-0.25, -0.2) is 0 Å². The third-order valence-electron chi connectivity index (χ3n) is 5.01. The fraction of sp³-hybridized carbons (Fsp3) is 0.765. The summed E-state index contributed by atoms with van der Waals surface area (Å²) in [6.07, 6.45) is 7.05. The SMILES string of the molecule is CC(C)C(=O)N[C@H]1COC2(CCN(Cc3cnn(C)c3)CC2)C1. The van der Waals surface area contributed by atoms with Crippen molar-refractivity contribution in [2.24, 2.45) is 13.0 Å². The molecule has 1 N–H and O–H groups in total. The van der Waals surface area contributed by atoms with E-state index in [1.165, 1.54) is 5.56 Å². The molecule has 2 aliphatic rings. The van der Waals surface area contributed by atoms with Crippen LogP contribution in [0.5, 0.6) is 0 Å². The molecule has 0 unspecified atom stereocenters. The van der Waals surface area contributed by atoms with Crippen molar-refractivity contribution >= 4 is 5.91 Å². The number of hydrogen-bond acceptors (Lipinski definition) is 4. The van der Waals surface area contributed by atoms with E-state index in [1.807, 2.05) is 31.8 Å². The molecule has 0 aromatic carbocycles. The number of likely N-dealkylation sites (tertiary alicyclic amines) is 1. The van der Waals surface area contributed by atoms with Crippen LogP contribution in [0.15, 0.2) is 12.4 Å². The number of rotatable bonds is 4. The number of piperidine rings is 1. The number of ether oxygens (including phenoxy) is 1. The highest BCUT2D eigenvalue weighted by Gasteiger charge is 2.43. The van der Waals surface area contributed by atoms with Crippen LogP contribution in [-0.4, -0.2) is 51.9 Å². The molecule has 1 atom stereocenters. The van der Waals surface area contributed by atoms with E-state index in [4.69, 9.17) is 4.74 Å². The Morgan fingerprint density at radius 1 is 1.48 bits per heavy atom. The van der Waals surface area contributed by atoms with Crippen LogP contribution in [0.2, 0.25) is 0 Å². The van der Waals surface area contributed by atoms with Gasteiger partial charge in [-0.3, -0.25) is 14.4 Å². The molecular formula is C17H28N4O2. The van der Waals surface area contributed by atoms with E-state index in [0.717, 1.165) is 38.9 Å². The van der Waals surface area contributed by atoms with E-state index in [2.05, 4.69) is 21.5 Å². The fourth-order valence-corrected chi connectivity index (χ4v) is 3.58. The summed E-state index contributed by atoms with van der Waals surface area (Å²) in [6.45, 7) is 7.55. The van der Waals surface area contributed by atoms with Crippen molar-refractivity contribution < 1.29 is 9.53 Å². The fourth-order valence-electron chi connectivity index (χ4n) is 3.58. The van der Waals surface area contributed by atoms with Gasteiger partial charge in [0.1, 0.15) is 0 Å². The molecule has 1 aromatic heterocycles. The summed E-state index contributed by atoms with van der Waals surface area (Å²) >= 11 is 0. The number of nitrogens with one attached hydrogen (secondary N) is 1. The third-order valence-corrected chi connectivity index (χ3v) is 5.01. The molecule has 3 rings (SSSR count). The number of aryl methyl sites for hydroxylation is 1. The number of amides is 1. The number of aromatic nitrogens is 2. The lowest BCUT2D eigenvalue weighted by atomic mass is 9.87. The second-order valence-corrected chi connectivity index (χ2v) is 7.36. The van der Waals surface area contributed by atoms with Gasteiger partial charge in [0.05, 0.1) is 24.4 Å². The molecule has 23 heavy (non-hydrogen) atoms. The first-order valence-corrected chi connectivity index (χ1v) is 8.60. The van der Waals surface area contributed by atoms with Crippen molar-refractivity contribution in [2.45, 2.75) is 51.3 Å². The molecule has 1 spiro atoms. The first-order chi connectivity index (χ1) is 11.0. The Morgan fingerprint density at radius 2 is 2.22 bits per heavy atom. The highest BCUT2D eigenvalue weighted by Crippen LogP contribution is 2.36. The van der Waals surface area contributed by atoms with Crippen LogP contribution in [0.4, 0.5) is 0 Å². The lowest BCUT2D eigenvalue weighted by Gasteiger charge is -2.38. The van der Waals surface area contributed by atoms with E-state index in [0.29, 0.717) is 6.61 Å². The Kier molecular flexibility index (Phi) is 4.73. The normalized spacial score (nSPS) is 24.4. The highest BCUT2D eigenvalue weighted by atomic mass is 16.5. The number of nitrogens with zero attached hydrogens (tertiary/aromatic N) is 3. The minimum Gasteiger partial charge on any atom is -0.373 e. The molecule has 1 aromatic rings. The summed E-state index contributed by atoms with van der Waals surface area (Å²) in [7, 11) is 1.95. The second kappa shape index (κ2) is 6.61. The zero-order chi connectivity index (χ0) is 16.4. The van der Waals surface area contributed by atoms with Crippen LogP contribution in [-0.2, 0) is 23.1 Å². The Morgan fingerprint density at radius 3 is 2.83 bits per heavy atom. The van der Waals surface area contributed by atoms with Crippen molar-refractivity contribution in [1.29, 1.82) is 0 Å². The minimum absolute atomic E-state index is 0.0274. The zero-order valence-corrected chi connectivity index (χ0v) is 14.4. The lowest BCUT2D eigenvalue weighted by molar-refractivity contribution is -0.124. The molecule has 6 heteroatoms. The molecule has 2 aliphatic heterocycles. The number of carbonyl (C=O) groups excluding carboxylic acids is 1. The van der Waals surface area contributed by atoms with Crippen LogP contribution < -0.4 is 5.32 Å². The molecule has 3 heterocycles. The molecule has 2 fully saturated rings. The number of hydrogen-bond donors (Lipinski definition) is 1. The van der Waals surface area contributed by atoms with Crippen LogP contribution in [0, 0.1) is 5.92 Å². The van der Waals surface area contributed by atoms with Crippen LogP contribution in [0.25, 0.3) is 0 Å². The maximum Gasteiger partial charge on any atom is 0.222 e. The molecule has 6 nitrogen and oxygen atoms in total. The van der Waals surface area contributed by atoms with Gasteiger partial charge in [-0.15, -0.1) is 0 Å². The second-order valence-electron chi connectivity index (χ2n) is 7.36. The van der Waals surface area contributed by atoms with Gasteiger partial charge in [0.15, 0.2) is 0 Å². The lowest BCUT2D eigenvalue weighted by Crippen LogP contribution is -2.45.